The van der Waals surface area contributed by atoms with E-state index in [0.29, 0.717) is 21.4 Å². The van der Waals surface area contributed by atoms with E-state index in [0.717, 1.165) is 5.75 Å². The smallest absolute Gasteiger partial charge is 0.255 e. The highest BCUT2D eigenvalue weighted by Gasteiger charge is 2.07. The normalized spacial score (nSPS) is 10.0. The highest BCUT2D eigenvalue weighted by Crippen LogP contribution is 2.21. The molecule has 0 bridgehead atoms. The summed E-state index contributed by atoms with van der Waals surface area (Å²) in [6, 6.07) is 12.2. The number of rotatable bonds is 3. The van der Waals surface area contributed by atoms with Crippen molar-refractivity contribution in [2.24, 2.45) is 0 Å². The molecule has 0 saturated carbocycles. The van der Waals surface area contributed by atoms with Gasteiger partial charge in [-0.05, 0) is 58.4 Å². The largest absolute Gasteiger partial charge is 0.497 e. The van der Waals surface area contributed by atoms with Gasteiger partial charge < -0.3 is 15.8 Å². The monoisotopic (exact) mass is 320 g/mol. The number of nitrogen functional groups attached to an aromatic ring is 1. The second-order valence-electron chi connectivity index (χ2n) is 3.92. The molecule has 2 rings (SSSR count). The minimum Gasteiger partial charge on any atom is -0.497 e. The summed E-state index contributed by atoms with van der Waals surface area (Å²) in [5.41, 5.74) is 7.53. The van der Waals surface area contributed by atoms with E-state index in [4.69, 9.17) is 10.5 Å². The van der Waals surface area contributed by atoms with Crippen LogP contribution < -0.4 is 15.8 Å². The molecule has 0 atom stereocenters. The first kappa shape index (κ1) is 13.4. The SMILES string of the molecule is COc1ccc(NC(=O)c2ccc(N)c(Br)c2)cc1. The lowest BCUT2D eigenvalue weighted by Crippen LogP contribution is -2.11. The van der Waals surface area contributed by atoms with E-state index in [9.17, 15) is 4.79 Å². The second kappa shape index (κ2) is 5.75. The maximum Gasteiger partial charge on any atom is 0.255 e. The van der Waals surface area contributed by atoms with Crippen LogP contribution in [0.3, 0.4) is 0 Å². The number of hydrogen-bond acceptors (Lipinski definition) is 3. The minimum absolute atomic E-state index is 0.189. The van der Waals surface area contributed by atoms with Crippen LogP contribution >= 0.6 is 15.9 Å². The molecule has 0 aromatic heterocycles. The Kier molecular flexibility index (Phi) is 4.06. The number of benzene rings is 2. The van der Waals surface area contributed by atoms with Gasteiger partial charge in [0, 0.05) is 21.4 Å². The third kappa shape index (κ3) is 3.26. The molecular weight excluding hydrogens is 308 g/mol. The number of hydrogen-bond donors (Lipinski definition) is 2. The van der Waals surface area contributed by atoms with Crippen LogP contribution in [0.1, 0.15) is 10.4 Å². The topological polar surface area (TPSA) is 64.3 Å². The molecule has 0 aliphatic rings. The Labute approximate surface area is 119 Å². The standard InChI is InChI=1S/C14H13BrN2O2/c1-19-11-5-3-10(4-6-11)17-14(18)9-2-7-13(16)12(15)8-9/h2-8H,16H2,1H3,(H,17,18). The fraction of sp³-hybridized carbons (Fsp3) is 0.0714. The van der Waals surface area contributed by atoms with Gasteiger partial charge in [-0.3, -0.25) is 4.79 Å². The van der Waals surface area contributed by atoms with Gasteiger partial charge in [0.05, 0.1) is 7.11 Å². The predicted octanol–water partition coefficient (Wildman–Crippen LogP) is 3.29. The van der Waals surface area contributed by atoms with Gasteiger partial charge in [0.25, 0.3) is 5.91 Å². The molecule has 0 radical (unpaired) electrons. The van der Waals surface area contributed by atoms with Gasteiger partial charge in [-0.25, -0.2) is 0 Å². The van der Waals surface area contributed by atoms with Crippen LogP contribution in [0.25, 0.3) is 0 Å². The minimum atomic E-state index is -0.189. The Morgan fingerprint density at radius 3 is 2.47 bits per heavy atom. The van der Waals surface area contributed by atoms with E-state index < -0.39 is 0 Å². The molecule has 4 nitrogen and oxygen atoms in total. The van der Waals surface area contributed by atoms with E-state index in [1.54, 1.807) is 49.6 Å². The Hall–Kier alpha value is -2.01. The molecule has 3 N–H and O–H groups in total. The highest BCUT2D eigenvalue weighted by molar-refractivity contribution is 9.10. The molecule has 2 aromatic rings. The van der Waals surface area contributed by atoms with Gasteiger partial charge in [-0.1, -0.05) is 0 Å². The molecule has 0 fully saturated rings. The van der Waals surface area contributed by atoms with Crippen LogP contribution in [-0.4, -0.2) is 13.0 Å². The van der Waals surface area contributed by atoms with Crippen molar-refractivity contribution >= 4 is 33.2 Å². The number of anilines is 2. The summed E-state index contributed by atoms with van der Waals surface area (Å²) in [5, 5.41) is 2.80. The van der Waals surface area contributed by atoms with Crippen molar-refractivity contribution in [1.29, 1.82) is 0 Å². The fourth-order valence-electron chi connectivity index (χ4n) is 1.55. The molecule has 19 heavy (non-hydrogen) atoms. The first-order chi connectivity index (χ1) is 9.10. The number of carbonyl (C=O) groups excluding carboxylic acids is 1. The number of amides is 1. The molecule has 0 aliphatic carbocycles. The Morgan fingerprint density at radius 2 is 1.89 bits per heavy atom. The average Bonchev–Trinajstić information content (AvgIpc) is 2.42. The van der Waals surface area contributed by atoms with Crippen molar-refractivity contribution in [2.45, 2.75) is 0 Å². The summed E-state index contributed by atoms with van der Waals surface area (Å²) in [6.07, 6.45) is 0. The van der Waals surface area contributed by atoms with Gasteiger partial charge >= 0.3 is 0 Å². The van der Waals surface area contributed by atoms with E-state index in [-0.39, 0.29) is 5.91 Å². The number of nitrogens with one attached hydrogen (secondary N) is 1. The third-order valence-electron chi connectivity index (χ3n) is 2.61. The number of halogens is 1. The molecule has 0 aliphatic heterocycles. The molecule has 1 amide bonds. The fourth-order valence-corrected chi connectivity index (χ4v) is 1.92. The average molecular weight is 321 g/mol. The summed E-state index contributed by atoms with van der Waals surface area (Å²) in [5.74, 6) is 0.555. The quantitative estimate of drug-likeness (QED) is 0.853. The second-order valence-corrected chi connectivity index (χ2v) is 4.77. The van der Waals surface area contributed by atoms with Crippen molar-refractivity contribution in [1.82, 2.24) is 0 Å². The maximum absolute atomic E-state index is 12.0. The van der Waals surface area contributed by atoms with Crippen LogP contribution in [0.2, 0.25) is 0 Å². The van der Waals surface area contributed by atoms with Crippen LogP contribution in [0.15, 0.2) is 46.9 Å². The zero-order valence-electron chi connectivity index (χ0n) is 10.3. The number of nitrogens with two attached hydrogens (primary N) is 1. The maximum atomic E-state index is 12.0. The first-order valence-corrected chi connectivity index (χ1v) is 6.40. The lowest BCUT2D eigenvalue weighted by Gasteiger charge is -2.07. The predicted molar refractivity (Wildman–Crippen MR) is 79.5 cm³/mol. The molecule has 0 unspecified atom stereocenters. The summed E-state index contributed by atoms with van der Waals surface area (Å²) in [4.78, 5) is 12.0. The van der Waals surface area contributed by atoms with Gasteiger partial charge in [-0.15, -0.1) is 0 Å². The van der Waals surface area contributed by atoms with E-state index in [2.05, 4.69) is 21.2 Å². The molecule has 5 heteroatoms. The molecule has 0 spiro atoms. The molecular formula is C14H13BrN2O2. The third-order valence-corrected chi connectivity index (χ3v) is 3.30. The van der Waals surface area contributed by atoms with E-state index >= 15 is 0 Å². The van der Waals surface area contributed by atoms with Gasteiger partial charge in [0.2, 0.25) is 0 Å². The summed E-state index contributed by atoms with van der Waals surface area (Å²) >= 11 is 3.30. The van der Waals surface area contributed by atoms with E-state index in [1.165, 1.54) is 0 Å². The number of methoxy groups -OCH3 is 1. The van der Waals surface area contributed by atoms with Crippen molar-refractivity contribution in [3.8, 4) is 5.75 Å². The van der Waals surface area contributed by atoms with Gasteiger partial charge in [0.15, 0.2) is 0 Å². The van der Waals surface area contributed by atoms with Crippen molar-refractivity contribution in [3.05, 3.63) is 52.5 Å². The lowest BCUT2D eigenvalue weighted by atomic mass is 10.2. The Morgan fingerprint density at radius 1 is 1.21 bits per heavy atom. The van der Waals surface area contributed by atoms with Crippen molar-refractivity contribution in [3.63, 3.8) is 0 Å². The lowest BCUT2D eigenvalue weighted by molar-refractivity contribution is 0.102. The number of ether oxygens (including phenoxy) is 1. The summed E-state index contributed by atoms with van der Waals surface area (Å²) in [7, 11) is 1.60. The Balaban J connectivity index is 2.13. The summed E-state index contributed by atoms with van der Waals surface area (Å²) in [6.45, 7) is 0. The van der Waals surface area contributed by atoms with Crippen LogP contribution in [0.5, 0.6) is 5.75 Å². The molecule has 0 heterocycles. The molecule has 2 aromatic carbocycles. The zero-order chi connectivity index (χ0) is 13.8. The molecule has 98 valence electrons. The highest BCUT2D eigenvalue weighted by atomic mass is 79.9. The van der Waals surface area contributed by atoms with Gasteiger partial charge in [-0.2, -0.15) is 0 Å². The van der Waals surface area contributed by atoms with E-state index in [1.807, 2.05) is 0 Å². The van der Waals surface area contributed by atoms with Crippen LogP contribution in [0, 0.1) is 0 Å². The van der Waals surface area contributed by atoms with Crippen molar-refractivity contribution in [2.75, 3.05) is 18.2 Å². The Bertz CT molecular complexity index is 597. The van der Waals surface area contributed by atoms with Gasteiger partial charge in [0.1, 0.15) is 5.75 Å². The zero-order valence-corrected chi connectivity index (χ0v) is 11.9. The van der Waals surface area contributed by atoms with Crippen LogP contribution in [0.4, 0.5) is 11.4 Å². The number of carbonyl (C=O) groups is 1. The molecule has 0 saturated heterocycles. The van der Waals surface area contributed by atoms with Crippen molar-refractivity contribution < 1.29 is 9.53 Å². The first-order valence-electron chi connectivity index (χ1n) is 5.60. The van der Waals surface area contributed by atoms with Crippen LogP contribution in [-0.2, 0) is 0 Å². The summed E-state index contributed by atoms with van der Waals surface area (Å²) < 4.78 is 5.76.